The van der Waals surface area contributed by atoms with Crippen molar-refractivity contribution in [2.45, 2.75) is 58.5 Å². The summed E-state index contributed by atoms with van der Waals surface area (Å²) in [6.07, 6.45) is -8.10. The Labute approximate surface area is 180 Å². The second kappa shape index (κ2) is 8.65. The minimum absolute atomic E-state index is 0.406. The Bertz CT molecular complexity index is 1310. The normalized spacial score (nSPS) is 41.8. The van der Waals surface area contributed by atoms with E-state index in [0.29, 0.717) is 11.8 Å². The molecule has 0 aromatic heterocycles. The molecule has 6 heteroatoms. The number of rotatable bonds is 6. The van der Waals surface area contributed by atoms with Gasteiger partial charge in [0.15, 0.2) is 5.78 Å². The number of Topliss-reactive ketones (excluding diaryl/α,β-unsaturated/α-hetero) is 1. The predicted octanol–water partition coefficient (Wildman–Crippen LogP) is 1.86. The molecule has 0 fully saturated rings. The third-order valence-corrected chi connectivity index (χ3v) is 3.94. The van der Waals surface area contributed by atoms with Crippen LogP contribution >= 0.6 is 0 Å². The monoisotopic (exact) mass is 388 g/mol. The molecule has 0 saturated heterocycles. The van der Waals surface area contributed by atoms with Gasteiger partial charge in [-0.15, -0.1) is 0 Å². The van der Waals surface area contributed by atoms with Crippen molar-refractivity contribution in [2.75, 3.05) is 7.05 Å². The van der Waals surface area contributed by atoms with Crippen LogP contribution in [0.25, 0.3) is 0 Å². The maximum atomic E-state index is 13.6. The molecule has 1 aromatic carbocycles. The van der Waals surface area contributed by atoms with Gasteiger partial charge in [-0.05, 0) is 30.3 Å². The quantitative estimate of drug-likeness (QED) is 0.779. The van der Waals surface area contributed by atoms with Crippen LogP contribution in [-0.2, 0) is 20.8 Å². The van der Waals surface area contributed by atoms with Gasteiger partial charge < -0.3 is 15.3 Å². The highest BCUT2D eigenvalue weighted by Gasteiger charge is 2.34. The first-order chi connectivity index (χ1) is 18.0. The largest absolute Gasteiger partial charge is 0.385 e. The van der Waals surface area contributed by atoms with Crippen LogP contribution in [0.3, 0.4) is 0 Å². The summed E-state index contributed by atoms with van der Waals surface area (Å²) < 4.78 is 114. The van der Waals surface area contributed by atoms with Crippen molar-refractivity contribution >= 4 is 17.6 Å². The van der Waals surface area contributed by atoms with Gasteiger partial charge >= 0.3 is 0 Å². The number of benzene rings is 1. The van der Waals surface area contributed by atoms with Crippen LogP contribution in [0.15, 0.2) is 24.2 Å². The maximum absolute atomic E-state index is 13.6. The average molecular weight is 389 g/mol. The Balaban J connectivity index is 2.73. The van der Waals surface area contributed by atoms with Crippen molar-refractivity contribution < 1.29 is 38.7 Å². The van der Waals surface area contributed by atoms with E-state index in [9.17, 15) is 19.5 Å². The van der Waals surface area contributed by atoms with E-state index in [1.54, 1.807) is 0 Å². The second-order valence-electron chi connectivity index (χ2n) is 6.01. The van der Waals surface area contributed by atoms with Crippen molar-refractivity contribution in [1.29, 1.82) is 0 Å². The lowest BCUT2D eigenvalue weighted by Gasteiger charge is -2.26. The fraction of sp³-hybridized carbons (Fsp3) is 0.571. The topological polar surface area (TPSA) is 86.7 Å². The number of carbonyl (C=O) groups is 3. The zero-order valence-corrected chi connectivity index (χ0v) is 15.3. The number of nitrogens with one attached hydrogen (secondary N) is 1. The molecular weight excluding hydrogens is 344 g/mol. The van der Waals surface area contributed by atoms with Crippen LogP contribution in [0.1, 0.15) is 70.4 Å². The first-order valence-corrected chi connectivity index (χ1v) is 7.94. The van der Waals surface area contributed by atoms with E-state index in [4.69, 9.17) is 19.2 Å². The zero-order valence-electron chi connectivity index (χ0n) is 29.3. The lowest BCUT2D eigenvalue weighted by Crippen LogP contribution is -2.44. The molecule has 6 nitrogen and oxygen atoms in total. The SMILES string of the molecule is [2H]c1c([2H])c([2H])c2c(c1[2H])C([2H])([2H])C([2H])(C)N(C)C(=O)[C@@]2([2H])NC(=O)[C@]([2H])(C)CC(=O)[C@@]([2H])(O)C([2H])(C)C([2H])([2H])[2H]. The lowest BCUT2D eigenvalue weighted by molar-refractivity contribution is -0.138. The molecule has 2 unspecified atom stereocenters. The highest BCUT2D eigenvalue weighted by Crippen LogP contribution is 2.27. The van der Waals surface area contributed by atoms with E-state index < -0.39 is 102 Å². The number of hydrogen-bond donors (Lipinski definition) is 2. The number of carbonyl (C=O) groups excluding carboxylic acids is 3. The summed E-state index contributed by atoms with van der Waals surface area (Å²) >= 11 is 0. The van der Waals surface area contributed by atoms with Crippen molar-refractivity contribution in [3.63, 3.8) is 0 Å². The molecular formula is C21H30N2O4. The zero-order chi connectivity index (χ0) is 32.7. The van der Waals surface area contributed by atoms with Gasteiger partial charge in [0.05, 0.1) is 9.60 Å². The molecule has 1 aliphatic rings. The van der Waals surface area contributed by atoms with Gasteiger partial charge in [0, 0.05) is 35.0 Å². The molecule has 1 heterocycles. The summed E-state index contributed by atoms with van der Waals surface area (Å²) in [7, 11) is 0.901. The second-order valence-corrected chi connectivity index (χ2v) is 6.01. The smallest absolute Gasteiger partial charge is 0.249 e. The standard InChI is InChI=1S/C21H30N2O4/c1-12(2)19(25)17(24)10-13(3)20(26)22-18-16-9-7-6-8-15(16)11-14(4)23(5)21(18)27/h6-9,12-14,18-19,25H,10-11H2,1-5H3,(H,22,26)/t13-,14?,18+,19+/m1/s1/i1D3,6D,7D,8D,9D,11D2,12D,13D,14D,18D,19D/t12?,13-,14?,18+,19+. The Morgan fingerprint density at radius 1 is 1.52 bits per heavy atom. The molecule has 0 spiro atoms. The molecule has 0 aliphatic carbocycles. The lowest BCUT2D eigenvalue weighted by atomic mass is 9.94. The van der Waals surface area contributed by atoms with Gasteiger partial charge in [-0.25, -0.2) is 0 Å². The molecule has 0 bridgehead atoms. The van der Waals surface area contributed by atoms with E-state index >= 15 is 0 Å². The molecule has 2 N–H and O–H groups in total. The van der Waals surface area contributed by atoms with Crippen molar-refractivity contribution in [2.24, 2.45) is 11.8 Å². The van der Waals surface area contributed by atoms with Crippen LogP contribution < -0.4 is 5.32 Å². The number of fused-ring (bicyclic) bond motifs is 1. The van der Waals surface area contributed by atoms with Crippen LogP contribution in [0.2, 0.25) is 0 Å². The Hall–Kier alpha value is -2.21. The average Bonchev–Trinajstić information content (AvgIpc) is 2.84. The molecule has 1 aromatic rings. The van der Waals surface area contributed by atoms with Gasteiger partial charge in [0.2, 0.25) is 11.8 Å². The molecule has 2 rings (SSSR count). The first kappa shape index (κ1) is 8.86. The number of nitrogens with zero attached hydrogens (tertiary/aromatic N) is 1. The highest BCUT2D eigenvalue weighted by molar-refractivity contribution is 5.93. The molecule has 148 valence electrons. The number of aliphatic hydroxyl groups is 1. The molecule has 0 radical (unpaired) electrons. The molecule has 0 saturated carbocycles. The van der Waals surface area contributed by atoms with E-state index in [2.05, 4.69) is 0 Å². The van der Waals surface area contributed by atoms with E-state index in [-0.39, 0.29) is 0 Å². The fourth-order valence-electron chi connectivity index (χ4n) is 2.24. The Morgan fingerprint density at radius 3 is 2.85 bits per heavy atom. The molecule has 5 atom stereocenters. The van der Waals surface area contributed by atoms with Gasteiger partial charge in [0.25, 0.3) is 0 Å². The minimum atomic E-state index is -3.65. The van der Waals surface area contributed by atoms with Crippen LogP contribution in [0.4, 0.5) is 0 Å². The van der Waals surface area contributed by atoms with Gasteiger partial charge in [-0.1, -0.05) is 44.9 Å². The van der Waals surface area contributed by atoms with E-state index in [1.807, 2.05) is 5.32 Å². The van der Waals surface area contributed by atoms with Gasteiger partial charge in [-0.3, -0.25) is 14.4 Å². The number of likely N-dealkylation sites (N-methyl/N-ethyl adjacent to an activating group) is 1. The summed E-state index contributed by atoms with van der Waals surface area (Å²) in [4.78, 5) is 40.1. The van der Waals surface area contributed by atoms with E-state index in [0.717, 1.165) is 20.9 Å². The third-order valence-electron chi connectivity index (χ3n) is 3.94. The van der Waals surface area contributed by atoms with Crippen molar-refractivity contribution in [3.05, 3.63) is 35.3 Å². The number of ketones is 1. The summed E-state index contributed by atoms with van der Waals surface area (Å²) in [5.41, 5.74) is -2.02. The number of hydrogen-bond acceptors (Lipinski definition) is 4. The van der Waals surface area contributed by atoms with Crippen LogP contribution in [0.5, 0.6) is 0 Å². The minimum Gasteiger partial charge on any atom is -0.385 e. The summed E-state index contributed by atoms with van der Waals surface area (Å²) in [5, 5.41) is 12.2. The molecule has 1 aliphatic heterocycles. The Kier molecular flexibility index (Phi) is 2.84. The number of amides is 2. The van der Waals surface area contributed by atoms with Gasteiger partial charge in [-0.2, -0.15) is 0 Å². The summed E-state index contributed by atoms with van der Waals surface area (Å²) in [5.74, 6) is -10.8. The third kappa shape index (κ3) is 4.75. The summed E-state index contributed by atoms with van der Waals surface area (Å²) in [6.45, 7) is -1.11. The van der Waals surface area contributed by atoms with Gasteiger partial charge in [0.1, 0.15) is 12.1 Å². The first-order valence-electron chi connectivity index (χ1n) is 14.9. The predicted molar refractivity (Wildman–Crippen MR) is 103 cm³/mol. The van der Waals surface area contributed by atoms with Crippen molar-refractivity contribution in [3.8, 4) is 0 Å². The molecule has 2 amide bonds. The molecule has 27 heavy (non-hydrogen) atoms. The van der Waals surface area contributed by atoms with Crippen LogP contribution in [0, 0.1) is 11.8 Å². The Morgan fingerprint density at radius 2 is 2.19 bits per heavy atom. The van der Waals surface area contributed by atoms with Crippen LogP contribution in [-0.4, -0.2) is 46.7 Å². The summed E-state index contributed by atoms with van der Waals surface area (Å²) in [6, 6.07) is -9.94. The fourth-order valence-corrected chi connectivity index (χ4v) is 2.24. The maximum Gasteiger partial charge on any atom is 0.249 e. The van der Waals surface area contributed by atoms with E-state index in [1.165, 1.54) is 0 Å². The van der Waals surface area contributed by atoms with Crippen molar-refractivity contribution in [1.82, 2.24) is 10.2 Å². The highest BCUT2D eigenvalue weighted by atomic mass is 16.3.